The third-order valence-corrected chi connectivity index (χ3v) is 5.72. The third-order valence-electron chi connectivity index (χ3n) is 4.65. The highest BCUT2D eigenvalue weighted by Crippen LogP contribution is 2.30. The summed E-state index contributed by atoms with van der Waals surface area (Å²) < 4.78 is 1.87. The fourth-order valence-corrected chi connectivity index (χ4v) is 3.69. The predicted octanol–water partition coefficient (Wildman–Crippen LogP) is 4.73. The number of amides is 1. The zero-order valence-electron chi connectivity index (χ0n) is 15.8. The Bertz CT molecular complexity index is 877. The Hall–Kier alpha value is -2.60. The van der Waals surface area contributed by atoms with Crippen LogP contribution in [0.2, 0.25) is 0 Å². The highest BCUT2D eigenvalue weighted by atomic mass is 32.2. The molecule has 0 bridgehead atoms. The summed E-state index contributed by atoms with van der Waals surface area (Å²) in [5, 5.41) is 11.9. The fraction of sp³-hybridized carbons (Fsp3) is 0.286. The van der Waals surface area contributed by atoms with Crippen LogP contribution in [0, 0.1) is 5.92 Å². The van der Waals surface area contributed by atoms with Crippen LogP contribution in [0.25, 0.3) is 0 Å². The molecule has 5 nitrogen and oxygen atoms in total. The van der Waals surface area contributed by atoms with E-state index in [9.17, 15) is 4.79 Å². The predicted molar refractivity (Wildman–Crippen MR) is 109 cm³/mol. The number of hydrogen-bond donors (Lipinski definition) is 1. The van der Waals surface area contributed by atoms with Gasteiger partial charge >= 0.3 is 0 Å². The van der Waals surface area contributed by atoms with E-state index in [1.54, 1.807) is 6.33 Å². The van der Waals surface area contributed by atoms with Crippen molar-refractivity contribution in [2.24, 2.45) is 13.0 Å². The second-order valence-electron chi connectivity index (χ2n) is 6.61. The van der Waals surface area contributed by atoms with E-state index >= 15 is 0 Å². The van der Waals surface area contributed by atoms with Crippen molar-refractivity contribution in [1.29, 1.82) is 0 Å². The van der Waals surface area contributed by atoms with Gasteiger partial charge in [0, 0.05) is 17.6 Å². The largest absolute Gasteiger partial charge is 0.326 e. The molecule has 0 saturated heterocycles. The number of anilines is 1. The average Bonchev–Trinajstić information content (AvgIpc) is 3.09. The van der Waals surface area contributed by atoms with Crippen molar-refractivity contribution in [2.75, 3.05) is 5.32 Å². The van der Waals surface area contributed by atoms with Gasteiger partial charge in [0.05, 0.1) is 5.92 Å². The Morgan fingerprint density at radius 3 is 2.44 bits per heavy atom. The summed E-state index contributed by atoms with van der Waals surface area (Å²) in [6.45, 7) is 4.24. The number of rotatable bonds is 7. The number of nitrogens with zero attached hydrogens (tertiary/aromatic N) is 3. The zero-order chi connectivity index (χ0) is 19.2. The van der Waals surface area contributed by atoms with E-state index in [1.807, 2.05) is 66.2 Å². The first-order chi connectivity index (χ1) is 13.1. The van der Waals surface area contributed by atoms with Gasteiger partial charge in [-0.25, -0.2) is 0 Å². The van der Waals surface area contributed by atoms with E-state index in [0.29, 0.717) is 0 Å². The maximum Gasteiger partial charge on any atom is 0.232 e. The highest BCUT2D eigenvalue weighted by Gasteiger charge is 2.25. The van der Waals surface area contributed by atoms with Gasteiger partial charge in [0.15, 0.2) is 5.16 Å². The van der Waals surface area contributed by atoms with Crippen molar-refractivity contribution in [3.63, 3.8) is 0 Å². The first-order valence-electron chi connectivity index (χ1n) is 9.06. The molecule has 140 valence electrons. The van der Waals surface area contributed by atoms with Crippen LogP contribution in [-0.2, 0) is 11.8 Å². The van der Waals surface area contributed by atoms with E-state index in [2.05, 4.69) is 29.4 Å². The highest BCUT2D eigenvalue weighted by molar-refractivity contribution is 7.99. The first-order valence-corrected chi connectivity index (χ1v) is 9.88. The molecule has 0 spiro atoms. The molecule has 2 aromatic carbocycles. The second kappa shape index (κ2) is 8.86. The lowest BCUT2D eigenvalue weighted by Gasteiger charge is -2.23. The first kappa shape index (κ1) is 19.2. The van der Waals surface area contributed by atoms with Gasteiger partial charge in [0.1, 0.15) is 6.33 Å². The van der Waals surface area contributed by atoms with Crippen molar-refractivity contribution in [1.82, 2.24) is 14.8 Å². The van der Waals surface area contributed by atoms with Gasteiger partial charge in [0.25, 0.3) is 0 Å². The number of carbonyl (C=O) groups is 1. The molecule has 6 heteroatoms. The Labute approximate surface area is 164 Å². The summed E-state index contributed by atoms with van der Waals surface area (Å²) in [6, 6.07) is 17.8. The summed E-state index contributed by atoms with van der Waals surface area (Å²) in [4.78, 5) is 14.0. The van der Waals surface area contributed by atoms with E-state index < -0.39 is 0 Å². The molecule has 0 radical (unpaired) electrons. The van der Waals surface area contributed by atoms with Crippen LogP contribution < -0.4 is 5.32 Å². The maximum atomic E-state index is 13.0. The Kier molecular flexibility index (Phi) is 6.29. The summed E-state index contributed by atoms with van der Waals surface area (Å²) in [7, 11) is 1.91. The molecule has 1 aromatic heterocycles. The van der Waals surface area contributed by atoms with Crippen LogP contribution in [-0.4, -0.2) is 20.7 Å². The van der Waals surface area contributed by atoms with Crippen LogP contribution in [0.5, 0.6) is 0 Å². The minimum absolute atomic E-state index is 0.0317. The summed E-state index contributed by atoms with van der Waals surface area (Å²) in [5.74, 6) is 0.131. The van der Waals surface area contributed by atoms with Gasteiger partial charge < -0.3 is 9.88 Å². The van der Waals surface area contributed by atoms with Crippen LogP contribution in [0.1, 0.15) is 31.7 Å². The molecule has 0 aliphatic heterocycles. The number of aromatic nitrogens is 3. The van der Waals surface area contributed by atoms with Crippen LogP contribution in [0.4, 0.5) is 5.69 Å². The lowest BCUT2D eigenvalue weighted by atomic mass is 9.85. The SMILES string of the molecule is CCC(C)C(C(=O)Nc1ccc(Sc2nncn2C)cc1)c1ccccc1. The smallest absolute Gasteiger partial charge is 0.232 e. The van der Waals surface area contributed by atoms with Gasteiger partial charge in [0.2, 0.25) is 5.91 Å². The number of benzene rings is 2. The molecule has 2 atom stereocenters. The normalized spacial score (nSPS) is 13.1. The zero-order valence-corrected chi connectivity index (χ0v) is 16.6. The monoisotopic (exact) mass is 380 g/mol. The third kappa shape index (κ3) is 4.77. The van der Waals surface area contributed by atoms with Gasteiger partial charge in [-0.1, -0.05) is 50.6 Å². The molecule has 1 heterocycles. The molecular formula is C21H24N4OS. The van der Waals surface area contributed by atoms with Crippen LogP contribution in [0.15, 0.2) is 71.0 Å². The van der Waals surface area contributed by atoms with Crippen molar-refractivity contribution in [3.8, 4) is 0 Å². The molecule has 1 amide bonds. The topological polar surface area (TPSA) is 59.8 Å². The molecule has 3 rings (SSSR count). The van der Waals surface area contributed by atoms with Crippen LogP contribution >= 0.6 is 11.8 Å². The Morgan fingerprint density at radius 2 is 1.85 bits per heavy atom. The molecule has 0 aliphatic carbocycles. The standard InChI is InChI=1S/C21H24N4OS/c1-4-15(2)19(16-8-6-5-7-9-16)20(26)23-17-10-12-18(13-11-17)27-21-24-22-14-25(21)3/h5-15,19H,4H2,1-3H3,(H,23,26). The van der Waals surface area contributed by atoms with E-state index in [4.69, 9.17) is 0 Å². The fourth-order valence-electron chi connectivity index (χ4n) is 2.93. The molecule has 1 N–H and O–H groups in total. The van der Waals surface area contributed by atoms with Crippen LogP contribution in [0.3, 0.4) is 0 Å². The number of aryl methyl sites for hydroxylation is 1. The molecule has 0 aliphatic rings. The van der Waals surface area contributed by atoms with Crippen molar-refractivity contribution in [3.05, 3.63) is 66.5 Å². The second-order valence-corrected chi connectivity index (χ2v) is 7.65. The van der Waals surface area contributed by atoms with Gasteiger partial charge in [-0.2, -0.15) is 0 Å². The quantitative estimate of drug-likeness (QED) is 0.643. The van der Waals surface area contributed by atoms with Crippen molar-refractivity contribution >= 4 is 23.4 Å². The number of nitrogens with one attached hydrogen (secondary N) is 1. The van der Waals surface area contributed by atoms with E-state index in [0.717, 1.165) is 27.7 Å². The summed E-state index contributed by atoms with van der Waals surface area (Å²) in [6.07, 6.45) is 2.62. The summed E-state index contributed by atoms with van der Waals surface area (Å²) in [5.41, 5.74) is 1.85. The summed E-state index contributed by atoms with van der Waals surface area (Å²) >= 11 is 1.54. The lowest BCUT2D eigenvalue weighted by Crippen LogP contribution is -2.26. The maximum absolute atomic E-state index is 13.0. The van der Waals surface area contributed by atoms with Crippen molar-refractivity contribution in [2.45, 2.75) is 36.2 Å². The van der Waals surface area contributed by atoms with Gasteiger partial charge in [-0.05, 0) is 47.5 Å². The van der Waals surface area contributed by atoms with E-state index in [1.165, 1.54) is 11.8 Å². The lowest BCUT2D eigenvalue weighted by molar-refractivity contribution is -0.118. The minimum atomic E-state index is -0.163. The number of carbonyl (C=O) groups excluding carboxylic acids is 1. The molecule has 27 heavy (non-hydrogen) atoms. The van der Waals surface area contributed by atoms with Gasteiger partial charge in [-0.3, -0.25) is 4.79 Å². The molecule has 0 saturated carbocycles. The Balaban J connectivity index is 1.71. The van der Waals surface area contributed by atoms with Crippen molar-refractivity contribution < 1.29 is 4.79 Å². The number of hydrogen-bond acceptors (Lipinski definition) is 4. The molecular weight excluding hydrogens is 356 g/mol. The molecule has 2 unspecified atom stereocenters. The average molecular weight is 381 g/mol. The minimum Gasteiger partial charge on any atom is -0.326 e. The van der Waals surface area contributed by atoms with Gasteiger partial charge in [-0.15, -0.1) is 10.2 Å². The Morgan fingerprint density at radius 1 is 1.15 bits per heavy atom. The molecule has 3 aromatic rings. The van der Waals surface area contributed by atoms with E-state index in [-0.39, 0.29) is 17.7 Å². The molecule has 0 fully saturated rings.